The Bertz CT molecular complexity index is 867. The van der Waals surface area contributed by atoms with Crippen molar-refractivity contribution in [3.05, 3.63) is 54.1 Å². The van der Waals surface area contributed by atoms with Crippen LogP contribution in [0.1, 0.15) is 30.6 Å². The van der Waals surface area contributed by atoms with Crippen LogP contribution in [0.5, 0.6) is 5.75 Å². The van der Waals surface area contributed by atoms with Crippen molar-refractivity contribution in [1.82, 2.24) is 0 Å². The molecule has 0 fully saturated rings. The van der Waals surface area contributed by atoms with E-state index in [1.54, 1.807) is 38.1 Å². The van der Waals surface area contributed by atoms with Crippen LogP contribution in [-0.2, 0) is 9.47 Å². The van der Waals surface area contributed by atoms with E-state index in [2.05, 4.69) is 0 Å². The Morgan fingerprint density at radius 1 is 0.862 bits per heavy atom. The molecule has 0 unspecified atom stereocenters. The lowest BCUT2D eigenvalue weighted by molar-refractivity contribution is 0.0970. The van der Waals surface area contributed by atoms with Gasteiger partial charge < -0.3 is 14.6 Å². The third kappa shape index (κ3) is 4.01. The highest BCUT2D eigenvalue weighted by atomic mass is 16.6. The minimum absolute atomic E-state index is 0.0381. The molecule has 0 saturated heterocycles. The molecule has 0 aliphatic carbocycles. The van der Waals surface area contributed by atoms with Gasteiger partial charge in [0.25, 0.3) is 0 Å². The second-order valence-electron chi connectivity index (χ2n) is 6.28. The van der Waals surface area contributed by atoms with Gasteiger partial charge in [-0.2, -0.15) is 0 Å². The summed E-state index contributed by atoms with van der Waals surface area (Å²) in [6.45, 7) is 3.66. The van der Waals surface area contributed by atoms with Crippen LogP contribution in [-0.4, -0.2) is 42.5 Å². The Hall–Kier alpha value is -3.55. The van der Waals surface area contributed by atoms with Crippen LogP contribution < -0.4 is 9.80 Å². The summed E-state index contributed by atoms with van der Waals surface area (Å²) in [5, 5.41) is 9.44. The summed E-state index contributed by atoms with van der Waals surface area (Å²) in [6, 6.07) is 12.6. The van der Waals surface area contributed by atoms with Crippen LogP contribution in [0.2, 0.25) is 0 Å². The summed E-state index contributed by atoms with van der Waals surface area (Å²) in [7, 11) is 0. The number of amides is 2. The molecule has 1 aliphatic rings. The first-order valence-electron chi connectivity index (χ1n) is 9.31. The van der Waals surface area contributed by atoms with Crippen molar-refractivity contribution in [1.29, 1.82) is 0 Å². The molecule has 0 spiro atoms. The lowest BCUT2D eigenvalue weighted by Gasteiger charge is -2.29. The van der Waals surface area contributed by atoms with E-state index in [0.717, 1.165) is 0 Å². The molecule has 0 aromatic heterocycles. The number of benzene rings is 2. The Morgan fingerprint density at radius 2 is 1.34 bits per heavy atom. The van der Waals surface area contributed by atoms with Gasteiger partial charge in [-0.05, 0) is 50.2 Å². The zero-order valence-electron chi connectivity index (χ0n) is 16.2. The van der Waals surface area contributed by atoms with Crippen LogP contribution in [0.25, 0.3) is 0 Å². The van der Waals surface area contributed by atoms with Gasteiger partial charge in [-0.15, -0.1) is 0 Å². The van der Waals surface area contributed by atoms with E-state index in [1.165, 1.54) is 34.1 Å². The van der Waals surface area contributed by atoms with Crippen LogP contribution in [0.15, 0.2) is 48.5 Å². The normalized spacial score (nSPS) is 13.2. The molecule has 2 aromatic carbocycles. The van der Waals surface area contributed by atoms with Crippen molar-refractivity contribution in [2.45, 2.75) is 26.4 Å². The summed E-state index contributed by atoms with van der Waals surface area (Å²) in [5.74, 6) is -0.262. The van der Waals surface area contributed by atoms with Crippen molar-refractivity contribution < 1.29 is 29.0 Å². The van der Waals surface area contributed by atoms with E-state index in [1.807, 2.05) is 0 Å². The summed E-state index contributed by atoms with van der Waals surface area (Å²) in [5.41, 5.74) is 1.27. The van der Waals surface area contributed by atoms with Gasteiger partial charge in [0.2, 0.25) is 0 Å². The summed E-state index contributed by atoms with van der Waals surface area (Å²) in [4.78, 5) is 40.9. The monoisotopic (exact) mass is 398 g/mol. The molecule has 2 amide bonds. The number of hydrogen-bond donors (Lipinski definition) is 1. The van der Waals surface area contributed by atoms with Crippen molar-refractivity contribution in [2.75, 3.05) is 23.0 Å². The molecule has 0 bridgehead atoms. The lowest BCUT2D eigenvalue weighted by Crippen LogP contribution is -2.50. The molecular weight excluding hydrogens is 376 g/mol. The fraction of sp³-hybridized carbons (Fsp3) is 0.286. The molecular formula is C21H22N2O6. The minimum Gasteiger partial charge on any atom is -0.508 e. The summed E-state index contributed by atoms with van der Waals surface area (Å²) >= 11 is 0. The molecule has 0 atom stereocenters. The molecule has 29 heavy (non-hydrogen) atoms. The quantitative estimate of drug-likeness (QED) is 0.767. The number of fused-ring (bicyclic) bond motifs is 1. The maximum Gasteiger partial charge on any atom is 0.416 e. The molecule has 152 valence electrons. The number of carbonyl (C=O) groups excluding carboxylic acids is 3. The maximum atomic E-state index is 12.9. The smallest absolute Gasteiger partial charge is 0.416 e. The number of phenolic OH excluding ortho intramolecular Hbond substituents is 1. The highest BCUT2D eigenvalue weighted by Crippen LogP contribution is 2.41. The number of ketones is 1. The van der Waals surface area contributed by atoms with Gasteiger partial charge in [0.1, 0.15) is 11.9 Å². The van der Waals surface area contributed by atoms with E-state index < -0.39 is 18.4 Å². The second-order valence-corrected chi connectivity index (χ2v) is 6.28. The number of rotatable bonds is 5. The predicted molar refractivity (Wildman–Crippen MR) is 106 cm³/mol. The van der Waals surface area contributed by atoms with Crippen molar-refractivity contribution in [3.63, 3.8) is 0 Å². The largest absolute Gasteiger partial charge is 0.508 e. The highest BCUT2D eigenvalue weighted by Gasteiger charge is 2.45. The fourth-order valence-corrected chi connectivity index (χ4v) is 3.25. The number of ether oxygens (including phenoxy) is 2. The molecule has 8 heteroatoms. The standard InChI is InChI=1S/C21H22N2O6/c1-3-28-20(26)22-16-7-5-6-8-17(16)23(21(27)29-4-2)19(22)13-18(25)14-9-11-15(24)12-10-14/h5-12,19,24H,3-4,13H2,1-2H3. The molecule has 8 nitrogen and oxygen atoms in total. The minimum atomic E-state index is -0.938. The summed E-state index contributed by atoms with van der Waals surface area (Å²) in [6.07, 6.45) is -2.42. The number of anilines is 2. The zero-order valence-corrected chi connectivity index (χ0v) is 16.2. The van der Waals surface area contributed by atoms with Crippen LogP contribution in [0, 0.1) is 0 Å². The third-order valence-electron chi connectivity index (χ3n) is 4.48. The van der Waals surface area contributed by atoms with E-state index in [-0.39, 0.29) is 31.2 Å². The first kappa shape index (κ1) is 20.2. The Kier molecular flexibility index (Phi) is 6.01. The molecule has 0 saturated carbocycles. The van der Waals surface area contributed by atoms with E-state index >= 15 is 0 Å². The average Bonchev–Trinajstić information content (AvgIpc) is 3.02. The number of Topliss-reactive ketones (excluding diaryl/α,β-unsaturated/α-hetero) is 1. The maximum absolute atomic E-state index is 12.9. The van der Waals surface area contributed by atoms with Crippen LogP contribution >= 0.6 is 0 Å². The highest BCUT2D eigenvalue weighted by molar-refractivity contribution is 6.07. The Balaban J connectivity index is 2.00. The number of nitrogens with zero attached hydrogens (tertiary/aromatic N) is 2. The van der Waals surface area contributed by atoms with Gasteiger partial charge in [-0.1, -0.05) is 12.1 Å². The van der Waals surface area contributed by atoms with E-state index in [9.17, 15) is 19.5 Å². The molecule has 1 heterocycles. The van der Waals surface area contributed by atoms with E-state index in [4.69, 9.17) is 9.47 Å². The Morgan fingerprint density at radius 3 is 1.79 bits per heavy atom. The third-order valence-corrected chi connectivity index (χ3v) is 4.48. The van der Waals surface area contributed by atoms with Gasteiger partial charge in [-0.25, -0.2) is 9.59 Å². The number of phenols is 1. The molecule has 1 aliphatic heterocycles. The first-order valence-corrected chi connectivity index (χ1v) is 9.31. The average molecular weight is 398 g/mol. The SMILES string of the molecule is CCOC(=O)N1c2ccccc2N(C(=O)OCC)C1CC(=O)c1ccc(O)cc1. The van der Waals surface area contributed by atoms with Gasteiger partial charge in [0.15, 0.2) is 5.78 Å². The second kappa shape index (κ2) is 8.64. The number of hydrogen-bond acceptors (Lipinski definition) is 6. The number of carbonyl (C=O) groups is 3. The Labute approximate surface area is 168 Å². The van der Waals surface area contributed by atoms with Gasteiger partial charge in [0, 0.05) is 5.56 Å². The van der Waals surface area contributed by atoms with Crippen LogP contribution in [0.4, 0.5) is 21.0 Å². The van der Waals surface area contributed by atoms with Crippen molar-refractivity contribution >= 4 is 29.3 Å². The van der Waals surface area contributed by atoms with Gasteiger partial charge in [0.05, 0.1) is 31.0 Å². The first-order chi connectivity index (χ1) is 14.0. The molecule has 2 aromatic rings. The summed E-state index contributed by atoms with van der Waals surface area (Å²) < 4.78 is 10.3. The topological polar surface area (TPSA) is 96.4 Å². The van der Waals surface area contributed by atoms with Crippen molar-refractivity contribution in [3.8, 4) is 5.75 Å². The molecule has 0 radical (unpaired) electrons. The number of para-hydroxylation sites is 2. The van der Waals surface area contributed by atoms with Gasteiger partial charge >= 0.3 is 12.2 Å². The zero-order chi connectivity index (χ0) is 21.0. The van der Waals surface area contributed by atoms with E-state index in [0.29, 0.717) is 16.9 Å². The fourth-order valence-electron chi connectivity index (χ4n) is 3.25. The van der Waals surface area contributed by atoms with Crippen LogP contribution in [0.3, 0.4) is 0 Å². The molecule has 1 N–H and O–H groups in total. The van der Waals surface area contributed by atoms with Crippen molar-refractivity contribution in [2.24, 2.45) is 0 Å². The van der Waals surface area contributed by atoms with Gasteiger partial charge in [-0.3, -0.25) is 14.6 Å². The predicted octanol–water partition coefficient (Wildman–Crippen LogP) is 3.93. The molecule has 3 rings (SSSR count). The lowest BCUT2D eigenvalue weighted by atomic mass is 10.1. The number of aromatic hydroxyl groups is 1.